The topological polar surface area (TPSA) is 59.0 Å². The number of carboxylic acid groups (broad SMARTS) is 1. The first kappa shape index (κ1) is 13.7. The third-order valence-corrected chi connectivity index (χ3v) is 3.10. The number of benzene rings is 1. The fourth-order valence-corrected chi connectivity index (χ4v) is 1.88. The number of nitrogens with zero attached hydrogens (tertiary/aromatic N) is 1. The van der Waals surface area contributed by atoms with Crippen molar-refractivity contribution in [2.24, 2.45) is 0 Å². The van der Waals surface area contributed by atoms with Crippen LogP contribution < -0.4 is 9.64 Å². The zero-order valence-corrected chi connectivity index (χ0v) is 11.3. The Morgan fingerprint density at radius 2 is 1.84 bits per heavy atom. The monoisotopic (exact) mass is 265 g/mol. The Morgan fingerprint density at radius 3 is 2.37 bits per heavy atom. The lowest BCUT2D eigenvalue weighted by molar-refractivity contribution is -0.152. The molecule has 2 rings (SSSR count). The average molecular weight is 265 g/mol. The van der Waals surface area contributed by atoms with Gasteiger partial charge >= 0.3 is 5.97 Å². The summed E-state index contributed by atoms with van der Waals surface area (Å²) in [6.45, 7) is 6.30. The molecule has 0 spiro atoms. The summed E-state index contributed by atoms with van der Waals surface area (Å²) in [5.41, 5.74) is -0.121. The minimum Gasteiger partial charge on any atom is -0.478 e. The van der Waals surface area contributed by atoms with Crippen LogP contribution in [0.4, 0.5) is 5.69 Å². The summed E-state index contributed by atoms with van der Waals surface area (Å²) in [6, 6.07) is 7.49. The molecule has 5 nitrogen and oxygen atoms in total. The first-order chi connectivity index (χ1) is 8.99. The van der Waals surface area contributed by atoms with E-state index in [0.29, 0.717) is 5.75 Å². The summed E-state index contributed by atoms with van der Waals surface area (Å²) < 4.78 is 10.8. The second-order valence-corrected chi connectivity index (χ2v) is 5.01. The van der Waals surface area contributed by atoms with Gasteiger partial charge in [0.1, 0.15) is 5.75 Å². The van der Waals surface area contributed by atoms with E-state index in [4.69, 9.17) is 14.6 Å². The van der Waals surface area contributed by atoms with Gasteiger partial charge in [-0.3, -0.25) is 0 Å². The third kappa shape index (κ3) is 3.38. The number of morpholine rings is 1. The van der Waals surface area contributed by atoms with Gasteiger partial charge in [0.25, 0.3) is 0 Å². The van der Waals surface area contributed by atoms with Crippen LogP contribution in [-0.2, 0) is 9.53 Å². The van der Waals surface area contributed by atoms with E-state index in [1.165, 1.54) is 13.8 Å². The molecule has 1 heterocycles. The minimum atomic E-state index is -1.22. The van der Waals surface area contributed by atoms with E-state index in [-0.39, 0.29) is 0 Å². The van der Waals surface area contributed by atoms with Gasteiger partial charge in [-0.1, -0.05) is 0 Å². The van der Waals surface area contributed by atoms with Gasteiger partial charge in [0.2, 0.25) is 0 Å². The molecule has 1 aromatic rings. The molecule has 0 unspecified atom stereocenters. The first-order valence-corrected chi connectivity index (χ1v) is 6.34. The number of ether oxygens (including phenoxy) is 2. The number of hydrogen-bond donors (Lipinski definition) is 1. The molecule has 0 aliphatic carbocycles. The molecule has 19 heavy (non-hydrogen) atoms. The summed E-state index contributed by atoms with van der Waals surface area (Å²) in [5.74, 6) is -0.422. The smallest absolute Gasteiger partial charge is 0.347 e. The van der Waals surface area contributed by atoms with Crippen LogP contribution in [0.2, 0.25) is 0 Å². The fraction of sp³-hybridized carbons (Fsp3) is 0.500. The Balaban J connectivity index is 2.04. The maximum Gasteiger partial charge on any atom is 0.347 e. The van der Waals surface area contributed by atoms with Crippen LogP contribution in [0, 0.1) is 0 Å². The van der Waals surface area contributed by atoms with Gasteiger partial charge in [0.15, 0.2) is 5.60 Å². The largest absolute Gasteiger partial charge is 0.478 e. The van der Waals surface area contributed by atoms with Crippen LogP contribution in [0.5, 0.6) is 5.75 Å². The van der Waals surface area contributed by atoms with Crippen LogP contribution in [0.1, 0.15) is 13.8 Å². The van der Waals surface area contributed by atoms with Crippen molar-refractivity contribution >= 4 is 11.7 Å². The maximum atomic E-state index is 11.0. The van der Waals surface area contributed by atoms with Crippen molar-refractivity contribution in [1.82, 2.24) is 0 Å². The molecule has 1 N–H and O–H groups in total. The van der Waals surface area contributed by atoms with Gasteiger partial charge in [-0.15, -0.1) is 0 Å². The molecule has 0 atom stereocenters. The Hall–Kier alpha value is -1.75. The number of hydrogen-bond acceptors (Lipinski definition) is 4. The number of carbonyl (C=O) groups is 1. The average Bonchev–Trinajstić information content (AvgIpc) is 2.40. The van der Waals surface area contributed by atoms with Crippen LogP contribution in [-0.4, -0.2) is 43.0 Å². The van der Waals surface area contributed by atoms with Crippen molar-refractivity contribution in [3.05, 3.63) is 24.3 Å². The lowest BCUT2D eigenvalue weighted by atomic mass is 10.1. The molecule has 0 radical (unpaired) electrons. The fourth-order valence-electron chi connectivity index (χ4n) is 1.88. The van der Waals surface area contributed by atoms with Gasteiger partial charge in [0, 0.05) is 18.8 Å². The van der Waals surface area contributed by atoms with Crippen LogP contribution in [0.15, 0.2) is 24.3 Å². The van der Waals surface area contributed by atoms with Crippen molar-refractivity contribution in [1.29, 1.82) is 0 Å². The lowest BCUT2D eigenvalue weighted by Gasteiger charge is -2.29. The molecule has 104 valence electrons. The van der Waals surface area contributed by atoms with E-state index in [1.807, 2.05) is 12.1 Å². The quantitative estimate of drug-likeness (QED) is 0.899. The summed E-state index contributed by atoms with van der Waals surface area (Å²) in [4.78, 5) is 13.2. The summed E-state index contributed by atoms with van der Waals surface area (Å²) in [7, 11) is 0. The van der Waals surface area contributed by atoms with Crippen molar-refractivity contribution in [3.8, 4) is 5.75 Å². The van der Waals surface area contributed by atoms with E-state index in [0.717, 1.165) is 32.0 Å². The van der Waals surface area contributed by atoms with E-state index >= 15 is 0 Å². The van der Waals surface area contributed by atoms with Crippen molar-refractivity contribution < 1.29 is 19.4 Å². The molecule has 0 bridgehead atoms. The highest BCUT2D eigenvalue weighted by atomic mass is 16.5. The SMILES string of the molecule is CC(C)(Oc1ccc(N2CCOCC2)cc1)C(=O)O. The first-order valence-electron chi connectivity index (χ1n) is 6.34. The number of aliphatic carboxylic acids is 1. The van der Waals surface area contributed by atoms with Crippen LogP contribution in [0.3, 0.4) is 0 Å². The summed E-state index contributed by atoms with van der Waals surface area (Å²) in [6.07, 6.45) is 0. The van der Waals surface area contributed by atoms with Gasteiger partial charge in [-0.25, -0.2) is 4.79 Å². The Labute approximate surface area is 112 Å². The van der Waals surface area contributed by atoms with Crippen molar-refractivity contribution in [2.45, 2.75) is 19.4 Å². The molecule has 0 saturated carbocycles. The predicted molar refractivity (Wildman–Crippen MR) is 71.8 cm³/mol. The summed E-state index contributed by atoms with van der Waals surface area (Å²) in [5, 5.41) is 9.01. The van der Waals surface area contributed by atoms with E-state index < -0.39 is 11.6 Å². The molecule has 1 saturated heterocycles. The molecule has 0 amide bonds. The third-order valence-electron chi connectivity index (χ3n) is 3.10. The number of anilines is 1. The molecular weight excluding hydrogens is 246 g/mol. The molecule has 1 aromatic carbocycles. The maximum absolute atomic E-state index is 11.0. The Kier molecular flexibility index (Phi) is 3.95. The highest BCUT2D eigenvalue weighted by molar-refractivity contribution is 5.76. The zero-order valence-electron chi connectivity index (χ0n) is 11.3. The molecule has 1 aliphatic rings. The molecular formula is C14H19NO4. The second kappa shape index (κ2) is 5.48. The highest BCUT2D eigenvalue weighted by Gasteiger charge is 2.29. The minimum absolute atomic E-state index is 0.560. The standard InChI is InChI=1S/C14H19NO4/c1-14(2,13(16)17)19-12-5-3-11(4-6-12)15-7-9-18-10-8-15/h3-6H,7-10H2,1-2H3,(H,16,17). The van der Waals surface area contributed by atoms with E-state index in [1.54, 1.807) is 12.1 Å². The lowest BCUT2D eigenvalue weighted by Crippen LogP contribution is -2.38. The highest BCUT2D eigenvalue weighted by Crippen LogP contribution is 2.23. The molecule has 1 fully saturated rings. The van der Waals surface area contributed by atoms with Crippen LogP contribution >= 0.6 is 0 Å². The Bertz CT molecular complexity index is 435. The van der Waals surface area contributed by atoms with Gasteiger partial charge in [0.05, 0.1) is 13.2 Å². The molecule has 1 aliphatic heterocycles. The molecule has 0 aromatic heterocycles. The van der Waals surface area contributed by atoms with E-state index in [9.17, 15) is 4.79 Å². The molecule has 5 heteroatoms. The van der Waals surface area contributed by atoms with Gasteiger partial charge in [-0.05, 0) is 38.1 Å². The summed E-state index contributed by atoms with van der Waals surface area (Å²) >= 11 is 0. The van der Waals surface area contributed by atoms with Gasteiger partial charge in [-0.2, -0.15) is 0 Å². The normalized spacial score (nSPS) is 16.2. The van der Waals surface area contributed by atoms with Gasteiger partial charge < -0.3 is 19.5 Å². The number of rotatable bonds is 4. The second-order valence-electron chi connectivity index (χ2n) is 5.01. The van der Waals surface area contributed by atoms with E-state index in [2.05, 4.69) is 4.90 Å². The van der Waals surface area contributed by atoms with Crippen LogP contribution in [0.25, 0.3) is 0 Å². The predicted octanol–water partition coefficient (Wildman–Crippen LogP) is 1.77. The zero-order chi connectivity index (χ0) is 13.9. The Morgan fingerprint density at radius 1 is 1.26 bits per heavy atom. The van der Waals surface area contributed by atoms with Crippen molar-refractivity contribution in [3.63, 3.8) is 0 Å². The number of carboxylic acids is 1. The van der Waals surface area contributed by atoms with Crippen molar-refractivity contribution in [2.75, 3.05) is 31.2 Å².